The number of anilines is 2. The van der Waals surface area contributed by atoms with Crippen molar-refractivity contribution in [2.45, 2.75) is 0 Å². The molecule has 1 amide bonds. The third kappa shape index (κ3) is 4.34. The Morgan fingerprint density at radius 1 is 1.12 bits per heavy atom. The topological polar surface area (TPSA) is 67.9 Å². The number of methoxy groups -OCH3 is 1. The van der Waals surface area contributed by atoms with Gasteiger partial charge in [0.15, 0.2) is 0 Å². The molecule has 1 heterocycles. The molecule has 2 aromatic carbocycles. The number of amides is 1. The first-order valence-corrected chi connectivity index (χ1v) is 9.28. The maximum absolute atomic E-state index is 12.7. The number of halogens is 1. The molecule has 1 fully saturated rings. The predicted octanol–water partition coefficient (Wildman–Crippen LogP) is 3.17. The van der Waals surface area contributed by atoms with E-state index >= 15 is 0 Å². The third-order valence-electron chi connectivity index (χ3n) is 4.10. The first-order valence-electron chi connectivity index (χ1n) is 8.20. The molecule has 0 radical (unpaired) electrons. The van der Waals surface area contributed by atoms with Gasteiger partial charge in [-0.05, 0) is 59.0 Å². The van der Waals surface area contributed by atoms with Crippen LogP contribution in [0, 0.1) is 3.57 Å². The minimum atomic E-state index is -0.441. The van der Waals surface area contributed by atoms with E-state index in [1.165, 1.54) is 7.11 Å². The van der Waals surface area contributed by atoms with Gasteiger partial charge in [0, 0.05) is 22.2 Å². The molecule has 1 aliphatic rings. The van der Waals surface area contributed by atoms with Gasteiger partial charge in [-0.25, -0.2) is 4.79 Å². The standard InChI is InChI=1S/C19H19IN2O4/c1-25-19(24)14-5-6-17(22-7-9-26-10-8-22)16(12-14)21-18(23)13-3-2-4-15(20)11-13/h2-6,11-12H,7-10H2,1H3,(H,21,23). The molecule has 0 spiro atoms. The summed E-state index contributed by atoms with van der Waals surface area (Å²) in [6, 6.07) is 12.5. The lowest BCUT2D eigenvalue weighted by atomic mass is 10.1. The summed E-state index contributed by atoms with van der Waals surface area (Å²) < 4.78 is 11.2. The number of rotatable bonds is 4. The summed E-state index contributed by atoms with van der Waals surface area (Å²) in [6.45, 7) is 2.71. The number of hydrogen-bond donors (Lipinski definition) is 1. The van der Waals surface area contributed by atoms with Crippen LogP contribution in [-0.2, 0) is 9.47 Å². The Balaban J connectivity index is 1.93. The summed E-state index contributed by atoms with van der Waals surface area (Å²) >= 11 is 2.17. The van der Waals surface area contributed by atoms with Crippen molar-refractivity contribution in [3.8, 4) is 0 Å². The first kappa shape index (κ1) is 18.7. The molecule has 0 aromatic heterocycles. The number of carbonyl (C=O) groups is 2. The van der Waals surface area contributed by atoms with Gasteiger partial charge in [0.2, 0.25) is 0 Å². The predicted molar refractivity (Wildman–Crippen MR) is 108 cm³/mol. The molecule has 136 valence electrons. The van der Waals surface area contributed by atoms with Crippen LogP contribution in [0.2, 0.25) is 0 Å². The second-order valence-electron chi connectivity index (χ2n) is 5.79. The minimum Gasteiger partial charge on any atom is -0.465 e. The van der Waals surface area contributed by atoms with Crippen molar-refractivity contribution in [2.24, 2.45) is 0 Å². The smallest absolute Gasteiger partial charge is 0.337 e. The van der Waals surface area contributed by atoms with Crippen molar-refractivity contribution < 1.29 is 19.1 Å². The summed E-state index contributed by atoms with van der Waals surface area (Å²) in [5, 5.41) is 2.94. The summed E-state index contributed by atoms with van der Waals surface area (Å²) in [6.07, 6.45) is 0. The summed E-state index contributed by atoms with van der Waals surface area (Å²) in [5.74, 6) is -0.664. The van der Waals surface area contributed by atoms with Gasteiger partial charge in [0.1, 0.15) is 0 Å². The summed E-state index contributed by atoms with van der Waals surface area (Å²) in [5.41, 5.74) is 2.40. The molecule has 2 aromatic rings. The maximum atomic E-state index is 12.7. The lowest BCUT2D eigenvalue weighted by Crippen LogP contribution is -2.36. The Morgan fingerprint density at radius 2 is 1.88 bits per heavy atom. The van der Waals surface area contributed by atoms with Gasteiger partial charge in [0.25, 0.3) is 5.91 Å². The molecule has 6 nitrogen and oxygen atoms in total. The van der Waals surface area contributed by atoms with Crippen LogP contribution in [0.4, 0.5) is 11.4 Å². The van der Waals surface area contributed by atoms with E-state index in [0.29, 0.717) is 30.0 Å². The Labute approximate surface area is 165 Å². The lowest BCUT2D eigenvalue weighted by Gasteiger charge is -2.30. The molecular formula is C19H19IN2O4. The van der Waals surface area contributed by atoms with Crippen LogP contribution < -0.4 is 10.2 Å². The zero-order valence-electron chi connectivity index (χ0n) is 14.3. The number of ether oxygens (including phenoxy) is 2. The monoisotopic (exact) mass is 466 g/mol. The van der Waals surface area contributed by atoms with Gasteiger partial charge in [-0.15, -0.1) is 0 Å². The fourth-order valence-corrected chi connectivity index (χ4v) is 3.33. The number of benzene rings is 2. The van der Waals surface area contributed by atoms with Gasteiger partial charge in [-0.1, -0.05) is 6.07 Å². The van der Waals surface area contributed by atoms with Crippen LogP contribution >= 0.6 is 22.6 Å². The van der Waals surface area contributed by atoms with Crippen LogP contribution in [0.1, 0.15) is 20.7 Å². The van der Waals surface area contributed by atoms with E-state index in [0.717, 1.165) is 22.3 Å². The van der Waals surface area contributed by atoms with Gasteiger partial charge >= 0.3 is 5.97 Å². The number of carbonyl (C=O) groups excluding carboxylic acids is 2. The highest BCUT2D eigenvalue weighted by atomic mass is 127. The normalized spacial score (nSPS) is 14.0. The second-order valence-corrected chi connectivity index (χ2v) is 7.03. The van der Waals surface area contributed by atoms with Gasteiger partial charge < -0.3 is 19.7 Å². The molecule has 26 heavy (non-hydrogen) atoms. The van der Waals surface area contributed by atoms with Crippen LogP contribution in [0.5, 0.6) is 0 Å². The number of nitrogens with zero attached hydrogens (tertiary/aromatic N) is 1. The zero-order valence-corrected chi connectivity index (χ0v) is 16.5. The largest absolute Gasteiger partial charge is 0.465 e. The average Bonchev–Trinajstić information content (AvgIpc) is 2.68. The molecule has 3 rings (SSSR count). The Kier molecular flexibility index (Phi) is 6.10. The molecule has 1 saturated heterocycles. The minimum absolute atomic E-state index is 0.222. The van der Waals surface area contributed by atoms with E-state index in [9.17, 15) is 9.59 Å². The van der Waals surface area contributed by atoms with E-state index < -0.39 is 5.97 Å². The molecule has 0 atom stereocenters. The zero-order chi connectivity index (χ0) is 18.5. The van der Waals surface area contributed by atoms with Gasteiger partial charge in [-0.3, -0.25) is 4.79 Å². The average molecular weight is 466 g/mol. The third-order valence-corrected chi connectivity index (χ3v) is 4.78. The highest BCUT2D eigenvalue weighted by Crippen LogP contribution is 2.29. The van der Waals surface area contributed by atoms with E-state index in [1.807, 2.05) is 24.3 Å². The highest BCUT2D eigenvalue weighted by molar-refractivity contribution is 14.1. The van der Waals surface area contributed by atoms with Crippen molar-refractivity contribution >= 4 is 45.8 Å². The van der Waals surface area contributed by atoms with Crippen molar-refractivity contribution in [1.82, 2.24) is 0 Å². The van der Waals surface area contributed by atoms with E-state index in [4.69, 9.17) is 9.47 Å². The highest BCUT2D eigenvalue weighted by Gasteiger charge is 2.19. The van der Waals surface area contributed by atoms with Gasteiger partial charge in [-0.2, -0.15) is 0 Å². The molecule has 0 saturated carbocycles. The van der Waals surface area contributed by atoms with E-state index in [-0.39, 0.29) is 5.91 Å². The number of esters is 1. The fourth-order valence-electron chi connectivity index (χ4n) is 2.79. The fraction of sp³-hybridized carbons (Fsp3) is 0.263. The molecule has 0 unspecified atom stereocenters. The summed E-state index contributed by atoms with van der Waals surface area (Å²) in [7, 11) is 1.34. The van der Waals surface area contributed by atoms with E-state index in [1.54, 1.807) is 18.2 Å². The SMILES string of the molecule is COC(=O)c1ccc(N2CCOCC2)c(NC(=O)c2cccc(I)c2)c1. The number of morpholine rings is 1. The Bertz CT molecular complexity index is 819. The summed E-state index contributed by atoms with van der Waals surface area (Å²) in [4.78, 5) is 26.7. The van der Waals surface area contributed by atoms with Crippen molar-refractivity contribution in [3.63, 3.8) is 0 Å². The van der Waals surface area contributed by atoms with Crippen molar-refractivity contribution in [2.75, 3.05) is 43.6 Å². The molecule has 0 aliphatic carbocycles. The van der Waals surface area contributed by atoms with Gasteiger partial charge in [0.05, 0.1) is 37.3 Å². The van der Waals surface area contributed by atoms with Crippen molar-refractivity contribution in [1.29, 1.82) is 0 Å². The van der Waals surface area contributed by atoms with Crippen molar-refractivity contribution in [3.05, 3.63) is 57.2 Å². The molecule has 1 N–H and O–H groups in total. The Hall–Kier alpha value is -2.13. The maximum Gasteiger partial charge on any atom is 0.337 e. The molecule has 0 bridgehead atoms. The molecule has 7 heteroatoms. The molecule has 1 aliphatic heterocycles. The Morgan fingerprint density at radius 3 is 2.58 bits per heavy atom. The quantitative estimate of drug-likeness (QED) is 0.554. The first-order chi connectivity index (χ1) is 12.6. The molecular weight excluding hydrogens is 447 g/mol. The second kappa shape index (κ2) is 8.50. The number of hydrogen-bond acceptors (Lipinski definition) is 5. The number of nitrogens with one attached hydrogen (secondary N) is 1. The van der Waals surface area contributed by atoms with Crippen LogP contribution in [-0.4, -0.2) is 45.3 Å². The van der Waals surface area contributed by atoms with Crippen LogP contribution in [0.3, 0.4) is 0 Å². The lowest BCUT2D eigenvalue weighted by molar-refractivity contribution is 0.0600. The van der Waals surface area contributed by atoms with E-state index in [2.05, 4.69) is 32.8 Å². The van der Waals surface area contributed by atoms with Crippen LogP contribution in [0.15, 0.2) is 42.5 Å². The van der Waals surface area contributed by atoms with Crippen LogP contribution in [0.25, 0.3) is 0 Å².